The maximum atomic E-state index is 11.8. The van der Waals surface area contributed by atoms with E-state index in [0.717, 1.165) is 44.2 Å². The van der Waals surface area contributed by atoms with E-state index in [2.05, 4.69) is 30.5 Å². The monoisotopic (exact) mass is 458 g/mol. The molecule has 1 amide bonds. The van der Waals surface area contributed by atoms with E-state index in [1.54, 1.807) is 6.92 Å². The van der Waals surface area contributed by atoms with Gasteiger partial charge in [-0.05, 0) is 75.5 Å². The number of hydrogen-bond donors (Lipinski definition) is 1. The number of fused-ring (bicyclic) bond motifs is 7. The molecule has 1 aliphatic heterocycles. The Balaban J connectivity index is 1.36. The Hall–Kier alpha value is -1.89. The van der Waals surface area contributed by atoms with Gasteiger partial charge in [0, 0.05) is 18.8 Å². The van der Waals surface area contributed by atoms with Crippen molar-refractivity contribution >= 4 is 17.8 Å². The predicted molar refractivity (Wildman–Crippen MR) is 124 cm³/mol. The number of hydrogen-bond acceptors (Lipinski definition) is 6. The van der Waals surface area contributed by atoms with Crippen LogP contribution in [-0.2, 0) is 19.0 Å². The van der Waals surface area contributed by atoms with Crippen LogP contribution in [0.25, 0.3) is 0 Å². The van der Waals surface area contributed by atoms with Crippen LogP contribution >= 0.6 is 0 Å². The van der Waals surface area contributed by atoms with Crippen LogP contribution in [0.3, 0.4) is 0 Å². The van der Waals surface area contributed by atoms with Crippen molar-refractivity contribution in [3.63, 3.8) is 0 Å². The van der Waals surface area contributed by atoms with Crippen molar-refractivity contribution in [1.82, 2.24) is 5.43 Å². The van der Waals surface area contributed by atoms with Gasteiger partial charge in [-0.1, -0.05) is 25.5 Å². The van der Waals surface area contributed by atoms with E-state index >= 15 is 0 Å². The fraction of sp³-hybridized carbons (Fsp3) is 0.808. The highest BCUT2D eigenvalue weighted by molar-refractivity contribution is 5.95. The van der Waals surface area contributed by atoms with Gasteiger partial charge in [0.15, 0.2) is 0 Å². The lowest BCUT2D eigenvalue weighted by atomic mass is 9.47. The van der Waals surface area contributed by atoms with Crippen LogP contribution < -0.4 is 5.43 Å². The molecule has 7 nitrogen and oxygen atoms in total. The molecule has 33 heavy (non-hydrogen) atoms. The molecule has 5 rings (SSSR count). The van der Waals surface area contributed by atoms with Crippen molar-refractivity contribution in [1.29, 1.82) is 0 Å². The maximum absolute atomic E-state index is 11.8. The van der Waals surface area contributed by atoms with Crippen LogP contribution in [0.5, 0.6) is 0 Å². The largest absolute Gasteiger partial charge is 0.462 e. The molecule has 182 valence electrons. The van der Waals surface area contributed by atoms with Crippen LogP contribution in [0.2, 0.25) is 0 Å². The smallest absolute Gasteiger partial charge is 0.427 e. The summed E-state index contributed by atoms with van der Waals surface area (Å²) in [6.07, 6.45) is 9.59. The molecule has 1 N–H and O–H groups in total. The molecule has 0 aromatic rings. The van der Waals surface area contributed by atoms with Crippen molar-refractivity contribution in [3.05, 3.63) is 11.6 Å². The minimum atomic E-state index is -0.518. The molecule has 0 spiro atoms. The SMILES string of the molecule is CCOC(=O)N/N=C(/C)[C@@]12O[C@@H]1CC1C3CC=C4CC(OC(C)=O)CC[C@]4(C)C3CC[C@@]12C. The molecule has 8 atom stereocenters. The van der Waals surface area contributed by atoms with Gasteiger partial charge >= 0.3 is 12.1 Å². The third kappa shape index (κ3) is 3.28. The standard InChI is InChI=1S/C26H38N2O5/c1-6-31-23(30)28-27-15(2)26-22(33-26)14-21-19-8-7-17-13-18(32-16(3)29)9-11-24(17,4)20(19)10-12-25(21,26)5/h7,18-22H,6,8-14H2,1-5H3,(H,28,30)/b27-15-/t18?,19?,20?,21?,22-,24+,25+,26-/m1/s1. The summed E-state index contributed by atoms with van der Waals surface area (Å²) < 4.78 is 16.9. The Bertz CT molecular complexity index is 914. The second kappa shape index (κ2) is 7.82. The van der Waals surface area contributed by atoms with E-state index in [-0.39, 0.29) is 34.6 Å². The van der Waals surface area contributed by atoms with E-state index in [9.17, 15) is 9.59 Å². The fourth-order valence-electron chi connectivity index (χ4n) is 8.42. The van der Waals surface area contributed by atoms with Crippen molar-refractivity contribution in [3.8, 4) is 0 Å². The summed E-state index contributed by atoms with van der Waals surface area (Å²) in [5.74, 6) is 1.72. The Morgan fingerprint density at radius 1 is 1.21 bits per heavy atom. The zero-order chi connectivity index (χ0) is 23.6. The summed E-state index contributed by atoms with van der Waals surface area (Å²) in [5.41, 5.74) is 4.79. The van der Waals surface area contributed by atoms with Gasteiger partial charge in [-0.25, -0.2) is 10.2 Å². The van der Waals surface area contributed by atoms with E-state index in [4.69, 9.17) is 14.2 Å². The quantitative estimate of drug-likeness (QED) is 0.216. The molecule has 0 radical (unpaired) electrons. The summed E-state index contributed by atoms with van der Waals surface area (Å²) in [7, 11) is 0. The number of nitrogens with zero attached hydrogens (tertiary/aromatic N) is 1. The summed E-state index contributed by atoms with van der Waals surface area (Å²) >= 11 is 0. The first-order valence-electron chi connectivity index (χ1n) is 12.7. The first-order chi connectivity index (χ1) is 15.7. The fourth-order valence-corrected chi connectivity index (χ4v) is 8.42. The van der Waals surface area contributed by atoms with Crippen LogP contribution in [0.1, 0.15) is 79.6 Å². The van der Waals surface area contributed by atoms with E-state index < -0.39 is 6.09 Å². The third-order valence-corrected chi connectivity index (χ3v) is 9.95. The summed E-state index contributed by atoms with van der Waals surface area (Å²) in [6.45, 7) is 10.5. The number of ether oxygens (including phenoxy) is 3. The molecule has 0 aromatic heterocycles. The lowest BCUT2D eigenvalue weighted by molar-refractivity contribution is -0.148. The number of rotatable bonds is 4. The van der Waals surface area contributed by atoms with Crippen molar-refractivity contribution in [2.75, 3.05) is 6.61 Å². The minimum Gasteiger partial charge on any atom is -0.462 e. The van der Waals surface area contributed by atoms with Crippen molar-refractivity contribution < 1.29 is 23.8 Å². The number of epoxide rings is 1. The van der Waals surface area contributed by atoms with E-state index in [1.165, 1.54) is 18.9 Å². The minimum absolute atomic E-state index is 0.0272. The van der Waals surface area contributed by atoms with Crippen molar-refractivity contribution in [2.45, 2.75) is 97.4 Å². The highest BCUT2D eigenvalue weighted by Gasteiger charge is 2.78. The van der Waals surface area contributed by atoms with Gasteiger partial charge < -0.3 is 14.2 Å². The summed E-state index contributed by atoms with van der Waals surface area (Å²) in [6, 6.07) is 0. The normalized spacial score (nSPS) is 45.5. The van der Waals surface area contributed by atoms with E-state index in [1.807, 2.05) is 6.92 Å². The zero-order valence-corrected chi connectivity index (χ0v) is 20.6. The van der Waals surface area contributed by atoms with Crippen LogP contribution in [-0.4, -0.2) is 42.2 Å². The molecule has 1 heterocycles. The number of amides is 1. The van der Waals surface area contributed by atoms with Crippen LogP contribution in [0.15, 0.2) is 16.8 Å². The molecule has 0 bridgehead atoms. The van der Waals surface area contributed by atoms with Gasteiger partial charge in [0.05, 0.1) is 18.4 Å². The molecule has 5 aliphatic rings. The van der Waals surface area contributed by atoms with Crippen LogP contribution in [0, 0.1) is 28.6 Å². The first kappa shape index (κ1) is 22.9. The van der Waals surface area contributed by atoms with Gasteiger partial charge in [0.25, 0.3) is 0 Å². The van der Waals surface area contributed by atoms with Gasteiger partial charge in [0.1, 0.15) is 11.7 Å². The Kier molecular flexibility index (Phi) is 5.42. The molecule has 4 fully saturated rings. The summed E-state index contributed by atoms with van der Waals surface area (Å²) in [5, 5.41) is 4.40. The summed E-state index contributed by atoms with van der Waals surface area (Å²) in [4.78, 5) is 23.3. The van der Waals surface area contributed by atoms with Gasteiger partial charge in [-0.3, -0.25) is 4.79 Å². The van der Waals surface area contributed by atoms with Crippen LogP contribution in [0.4, 0.5) is 4.79 Å². The topological polar surface area (TPSA) is 89.5 Å². The predicted octanol–water partition coefficient (Wildman–Crippen LogP) is 4.75. The van der Waals surface area contributed by atoms with Crippen molar-refractivity contribution in [2.24, 2.45) is 33.7 Å². The van der Waals surface area contributed by atoms with Gasteiger partial charge in [-0.2, -0.15) is 5.10 Å². The molecular formula is C26H38N2O5. The lowest BCUT2D eigenvalue weighted by Crippen LogP contribution is -2.54. The molecule has 3 saturated carbocycles. The third-order valence-electron chi connectivity index (χ3n) is 9.95. The number of carbonyl (C=O) groups excluding carboxylic acids is 2. The van der Waals surface area contributed by atoms with Gasteiger partial charge in [0.2, 0.25) is 0 Å². The Morgan fingerprint density at radius 3 is 2.73 bits per heavy atom. The second-order valence-corrected chi connectivity index (χ2v) is 11.3. The Morgan fingerprint density at radius 2 is 2.00 bits per heavy atom. The zero-order valence-electron chi connectivity index (χ0n) is 20.6. The number of nitrogens with one attached hydrogen (secondary N) is 1. The van der Waals surface area contributed by atoms with E-state index in [0.29, 0.717) is 24.4 Å². The first-order valence-corrected chi connectivity index (χ1v) is 12.7. The number of esters is 1. The Labute approximate surface area is 196 Å². The second-order valence-electron chi connectivity index (χ2n) is 11.3. The lowest BCUT2D eigenvalue weighted by Gasteiger charge is -2.58. The molecule has 4 unspecified atom stereocenters. The number of hydrazone groups is 1. The number of allylic oxidation sites excluding steroid dienone is 1. The average Bonchev–Trinajstić information content (AvgIpc) is 3.44. The molecule has 4 aliphatic carbocycles. The average molecular weight is 459 g/mol. The molecule has 7 heteroatoms. The maximum Gasteiger partial charge on any atom is 0.427 e. The molecule has 0 aromatic carbocycles. The molecular weight excluding hydrogens is 420 g/mol. The number of carbonyl (C=O) groups is 2. The highest BCUT2D eigenvalue weighted by Crippen LogP contribution is 2.73. The molecule has 1 saturated heterocycles. The van der Waals surface area contributed by atoms with Gasteiger partial charge in [-0.15, -0.1) is 0 Å². The highest BCUT2D eigenvalue weighted by atomic mass is 16.6.